The van der Waals surface area contributed by atoms with Crippen molar-refractivity contribution < 1.29 is 7.88 Å². The summed E-state index contributed by atoms with van der Waals surface area (Å²) in [5.74, 6) is 0. The predicted octanol–water partition coefficient (Wildman–Crippen LogP) is 0.231. The Morgan fingerprint density at radius 2 is 1.00 bits per heavy atom. The molecule has 0 saturated carbocycles. The van der Waals surface area contributed by atoms with Crippen molar-refractivity contribution in [2.75, 3.05) is 0 Å². The average Bonchev–Trinajstić information content (AvgIpc) is 0.811. The molecular formula is HBiF3Na. The zero-order valence-corrected chi connectivity index (χ0v) is 5.06. The zero-order chi connectivity index (χ0) is 3.58. The van der Waals surface area contributed by atoms with E-state index in [1.54, 1.807) is 0 Å². The molecule has 0 heterocycles. The zero-order valence-electron chi connectivity index (χ0n) is 1.58. The molecule has 0 unspecified atom stereocenters. The first-order valence-corrected chi connectivity index (χ1v) is 4.45. The Balaban J connectivity index is 0. The van der Waals surface area contributed by atoms with Gasteiger partial charge in [-0.3, -0.25) is 0 Å². The van der Waals surface area contributed by atoms with E-state index in [9.17, 15) is 7.88 Å². The molecule has 0 aliphatic rings. The predicted molar refractivity (Wildman–Crippen MR) is 16.2 cm³/mol. The number of hydrogen-bond acceptors (Lipinski definition) is 0. The van der Waals surface area contributed by atoms with Crippen LogP contribution >= 0.6 is 0 Å². The van der Waals surface area contributed by atoms with Gasteiger partial charge in [-0.05, 0) is 0 Å². The van der Waals surface area contributed by atoms with Crippen molar-refractivity contribution in [3.05, 3.63) is 0 Å². The third-order valence-corrected chi connectivity index (χ3v) is 0. The van der Waals surface area contributed by atoms with Gasteiger partial charge < -0.3 is 0 Å². The van der Waals surface area contributed by atoms with Gasteiger partial charge in [-0.15, -0.1) is 0 Å². The third-order valence-electron chi connectivity index (χ3n) is 0. The van der Waals surface area contributed by atoms with Gasteiger partial charge in [-0.25, -0.2) is 0 Å². The Morgan fingerprint density at radius 3 is 1.00 bits per heavy atom. The van der Waals surface area contributed by atoms with Crippen LogP contribution in [0.5, 0.6) is 0 Å². The quantitative estimate of drug-likeness (QED) is 0.560. The summed E-state index contributed by atoms with van der Waals surface area (Å²) >= 11 is -5.09. The number of hydrogen-bond donors (Lipinski definition) is 0. The van der Waals surface area contributed by atoms with Crippen molar-refractivity contribution in [2.45, 2.75) is 0 Å². The van der Waals surface area contributed by atoms with Crippen molar-refractivity contribution in [2.24, 2.45) is 0 Å². The normalized spacial score (nSPS) is 7.20. The monoisotopic (exact) mass is 290 g/mol. The molecule has 0 N–H and O–H groups in total. The third kappa shape index (κ3) is 27.3. The van der Waals surface area contributed by atoms with E-state index in [0.29, 0.717) is 0 Å². The summed E-state index contributed by atoms with van der Waals surface area (Å²) in [4.78, 5) is 0. The van der Waals surface area contributed by atoms with E-state index < -0.39 is 23.6 Å². The second-order valence-electron chi connectivity index (χ2n) is 0.192. The van der Waals surface area contributed by atoms with Gasteiger partial charge in [0, 0.05) is 0 Å². The Labute approximate surface area is 60.4 Å². The van der Waals surface area contributed by atoms with Gasteiger partial charge in [0.1, 0.15) is 0 Å². The molecule has 0 saturated heterocycles. The van der Waals surface area contributed by atoms with Gasteiger partial charge in [0.2, 0.25) is 0 Å². The molecule has 0 aromatic heterocycles. The standard InChI is InChI=1S/Bi.3FH.Na.H/h;3*1H;;/q+3;;;;;/p-3. The fourth-order valence-corrected chi connectivity index (χ4v) is 0. The van der Waals surface area contributed by atoms with Crippen LogP contribution in [-0.2, 0) is 0 Å². The molecule has 0 rings (SSSR count). The van der Waals surface area contributed by atoms with Crippen molar-refractivity contribution in [3.8, 4) is 0 Å². The van der Waals surface area contributed by atoms with Crippen LogP contribution in [0.2, 0.25) is 0 Å². The fraction of sp³-hybridized carbons (Fsp3) is 0. The van der Waals surface area contributed by atoms with Crippen molar-refractivity contribution in [1.29, 1.82) is 0 Å². The van der Waals surface area contributed by atoms with Gasteiger partial charge in [0.25, 0.3) is 0 Å². The summed E-state index contributed by atoms with van der Waals surface area (Å²) in [5.41, 5.74) is 0. The summed E-state index contributed by atoms with van der Waals surface area (Å²) in [7, 11) is 0. The first-order valence-electron chi connectivity index (χ1n) is 0.507. The Kier molecular flexibility index (Phi) is 11.2. The van der Waals surface area contributed by atoms with Crippen LogP contribution in [0.25, 0.3) is 0 Å². The molecule has 0 radical (unpaired) electrons. The van der Waals surface area contributed by atoms with Crippen molar-refractivity contribution in [1.82, 2.24) is 0 Å². The summed E-state index contributed by atoms with van der Waals surface area (Å²) in [6.45, 7) is 0. The Bertz CT molecular complexity index is 11.6. The first kappa shape index (κ1) is 9.83. The maximum atomic E-state index is 9.87. The van der Waals surface area contributed by atoms with Gasteiger partial charge in [-0.1, -0.05) is 0 Å². The molecule has 0 fully saturated rings. The maximum absolute atomic E-state index is 9.87. The molecule has 0 aliphatic heterocycles. The first-order chi connectivity index (χ1) is 1.73. The molecule has 5 heteroatoms. The topological polar surface area (TPSA) is 0 Å². The summed E-state index contributed by atoms with van der Waals surface area (Å²) in [6, 6.07) is 0. The molecule has 5 heavy (non-hydrogen) atoms. The van der Waals surface area contributed by atoms with Gasteiger partial charge >= 0.3 is 61.0 Å². The van der Waals surface area contributed by atoms with Gasteiger partial charge in [0.05, 0.1) is 0 Å². The summed E-state index contributed by atoms with van der Waals surface area (Å²) in [5, 5.41) is 0. The van der Waals surface area contributed by atoms with E-state index in [0.717, 1.165) is 0 Å². The molecule has 28 valence electrons. The summed E-state index contributed by atoms with van der Waals surface area (Å²) < 4.78 is 29.6. The minimum atomic E-state index is -5.09. The van der Waals surface area contributed by atoms with Crippen LogP contribution in [0.4, 0.5) is 7.88 Å². The van der Waals surface area contributed by atoms with Gasteiger partial charge in [-0.2, -0.15) is 0 Å². The van der Waals surface area contributed by atoms with E-state index in [1.807, 2.05) is 0 Å². The van der Waals surface area contributed by atoms with Crippen LogP contribution < -0.4 is 0 Å². The van der Waals surface area contributed by atoms with E-state index in [4.69, 9.17) is 0 Å². The molecule has 0 aromatic carbocycles. The van der Waals surface area contributed by atoms with Crippen LogP contribution in [0.15, 0.2) is 0 Å². The van der Waals surface area contributed by atoms with E-state index in [-0.39, 0.29) is 29.6 Å². The summed E-state index contributed by atoms with van der Waals surface area (Å²) in [6.07, 6.45) is 0. The van der Waals surface area contributed by atoms with Crippen molar-refractivity contribution in [3.63, 3.8) is 0 Å². The number of halogens is 3. The second-order valence-corrected chi connectivity index (χ2v) is 1.68. The van der Waals surface area contributed by atoms with Crippen LogP contribution in [0.1, 0.15) is 0 Å². The molecule has 0 nitrogen and oxygen atoms in total. The van der Waals surface area contributed by atoms with E-state index in [1.165, 1.54) is 0 Å². The molecular weight excluding hydrogens is 289 g/mol. The molecule has 0 aromatic rings. The molecule has 0 spiro atoms. The van der Waals surface area contributed by atoms with Crippen LogP contribution in [0, 0.1) is 0 Å². The van der Waals surface area contributed by atoms with Crippen LogP contribution in [-0.4, -0.2) is 53.1 Å². The molecule has 0 bridgehead atoms. The van der Waals surface area contributed by atoms with E-state index >= 15 is 0 Å². The number of rotatable bonds is 0. The van der Waals surface area contributed by atoms with E-state index in [2.05, 4.69) is 0 Å². The molecule has 0 aliphatic carbocycles. The Morgan fingerprint density at radius 1 is 1.00 bits per heavy atom. The average molecular weight is 290 g/mol. The Hall–Kier alpha value is 1.67. The molecule has 0 atom stereocenters. The molecule has 0 amide bonds. The van der Waals surface area contributed by atoms with Crippen LogP contribution in [0.3, 0.4) is 0 Å². The fourth-order valence-electron chi connectivity index (χ4n) is 0. The second kappa shape index (κ2) is 5.67. The minimum absolute atomic E-state index is 0. The van der Waals surface area contributed by atoms with Gasteiger partial charge in [0.15, 0.2) is 0 Å². The van der Waals surface area contributed by atoms with Crippen molar-refractivity contribution >= 4 is 53.1 Å². The SMILES string of the molecule is [F][Bi]([F])[F].[NaH].